The third kappa shape index (κ3) is 4.05. The number of carboxylic acids is 1. The summed E-state index contributed by atoms with van der Waals surface area (Å²) >= 11 is 0. The minimum absolute atomic E-state index is 0.0770. The molecule has 0 fully saturated rings. The van der Waals surface area contributed by atoms with Gasteiger partial charge in [-0.25, -0.2) is 13.2 Å². The SMILES string of the molecule is CS(=O)(=O)CCCNCc1c(C(=O)O)oc2ccccc12. The van der Waals surface area contributed by atoms with E-state index in [1.54, 1.807) is 18.2 Å². The van der Waals surface area contributed by atoms with Crippen LogP contribution >= 0.6 is 0 Å². The van der Waals surface area contributed by atoms with Crippen LogP contribution in [0.4, 0.5) is 0 Å². The highest BCUT2D eigenvalue weighted by Crippen LogP contribution is 2.25. The fourth-order valence-corrected chi connectivity index (χ4v) is 2.79. The second kappa shape index (κ2) is 6.28. The van der Waals surface area contributed by atoms with E-state index in [-0.39, 0.29) is 11.5 Å². The molecule has 6 nitrogen and oxygen atoms in total. The number of benzene rings is 1. The van der Waals surface area contributed by atoms with Crippen molar-refractivity contribution in [2.45, 2.75) is 13.0 Å². The topological polar surface area (TPSA) is 96.6 Å². The Morgan fingerprint density at radius 2 is 2.05 bits per heavy atom. The Labute approximate surface area is 122 Å². The van der Waals surface area contributed by atoms with Crippen LogP contribution in [0, 0.1) is 0 Å². The molecule has 0 aliphatic rings. The number of fused-ring (bicyclic) bond motifs is 1. The maximum absolute atomic E-state index is 11.2. The van der Waals surface area contributed by atoms with E-state index in [9.17, 15) is 18.3 Å². The molecule has 114 valence electrons. The lowest BCUT2D eigenvalue weighted by atomic mass is 10.1. The summed E-state index contributed by atoms with van der Waals surface area (Å²) in [6.45, 7) is 0.814. The van der Waals surface area contributed by atoms with Crippen LogP contribution in [0.25, 0.3) is 11.0 Å². The predicted octanol–water partition coefficient (Wildman–Crippen LogP) is 1.66. The van der Waals surface area contributed by atoms with Crippen LogP contribution in [0.1, 0.15) is 22.5 Å². The fraction of sp³-hybridized carbons (Fsp3) is 0.357. The van der Waals surface area contributed by atoms with Crippen molar-refractivity contribution in [1.29, 1.82) is 0 Å². The van der Waals surface area contributed by atoms with Crippen LogP contribution in [0.2, 0.25) is 0 Å². The van der Waals surface area contributed by atoms with Gasteiger partial charge in [-0.2, -0.15) is 0 Å². The molecule has 7 heteroatoms. The van der Waals surface area contributed by atoms with E-state index in [0.29, 0.717) is 30.7 Å². The van der Waals surface area contributed by atoms with Crippen molar-refractivity contribution < 1.29 is 22.7 Å². The zero-order valence-electron chi connectivity index (χ0n) is 11.6. The average Bonchev–Trinajstić information content (AvgIpc) is 2.76. The van der Waals surface area contributed by atoms with Gasteiger partial charge in [0.1, 0.15) is 15.4 Å². The number of para-hydroxylation sites is 1. The quantitative estimate of drug-likeness (QED) is 0.755. The average molecular weight is 311 g/mol. The molecule has 0 bridgehead atoms. The van der Waals surface area contributed by atoms with Crippen molar-refractivity contribution in [2.24, 2.45) is 0 Å². The molecule has 0 spiro atoms. The van der Waals surface area contributed by atoms with Crippen molar-refractivity contribution in [3.05, 3.63) is 35.6 Å². The lowest BCUT2D eigenvalue weighted by Crippen LogP contribution is -2.18. The first kappa shape index (κ1) is 15.5. The van der Waals surface area contributed by atoms with Gasteiger partial charge in [0.15, 0.2) is 0 Å². The summed E-state index contributed by atoms with van der Waals surface area (Å²) in [6.07, 6.45) is 1.68. The number of hydrogen-bond donors (Lipinski definition) is 2. The highest BCUT2D eigenvalue weighted by Gasteiger charge is 2.19. The molecule has 2 rings (SSSR count). The smallest absolute Gasteiger partial charge is 0.372 e. The van der Waals surface area contributed by atoms with Gasteiger partial charge in [0.05, 0.1) is 5.75 Å². The monoisotopic (exact) mass is 311 g/mol. The van der Waals surface area contributed by atoms with Crippen LogP contribution in [-0.2, 0) is 16.4 Å². The van der Waals surface area contributed by atoms with E-state index < -0.39 is 15.8 Å². The molecule has 1 aromatic heterocycles. The lowest BCUT2D eigenvalue weighted by Gasteiger charge is -2.04. The van der Waals surface area contributed by atoms with Gasteiger partial charge in [-0.3, -0.25) is 0 Å². The number of carboxylic acid groups (broad SMARTS) is 1. The van der Waals surface area contributed by atoms with E-state index in [1.165, 1.54) is 6.26 Å². The number of carbonyl (C=O) groups is 1. The molecule has 0 amide bonds. The van der Waals surface area contributed by atoms with E-state index in [4.69, 9.17) is 4.42 Å². The highest BCUT2D eigenvalue weighted by molar-refractivity contribution is 7.90. The van der Waals surface area contributed by atoms with E-state index in [0.717, 1.165) is 5.39 Å². The molecule has 0 saturated carbocycles. The standard InChI is InChI=1S/C14H17NO5S/c1-21(18,19)8-4-7-15-9-11-10-5-2-3-6-12(10)20-13(11)14(16)17/h2-3,5-6,15H,4,7-9H2,1H3,(H,16,17). The van der Waals surface area contributed by atoms with Gasteiger partial charge in [-0.1, -0.05) is 18.2 Å². The molecule has 2 aromatic rings. The second-order valence-corrected chi connectivity index (χ2v) is 7.13. The minimum Gasteiger partial charge on any atom is -0.475 e. The fourth-order valence-electron chi connectivity index (χ4n) is 2.12. The van der Waals surface area contributed by atoms with E-state index in [2.05, 4.69) is 5.32 Å². The Kier molecular flexibility index (Phi) is 4.64. The predicted molar refractivity (Wildman–Crippen MR) is 79.2 cm³/mol. The van der Waals surface area contributed by atoms with Gasteiger partial charge >= 0.3 is 5.97 Å². The molecule has 1 heterocycles. The number of sulfone groups is 1. The molecule has 0 saturated heterocycles. The number of hydrogen-bond acceptors (Lipinski definition) is 5. The first-order valence-electron chi connectivity index (χ1n) is 6.50. The number of rotatable bonds is 7. The molecule has 2 N–H and O–H groups in total. The van der Waals surface area contributed by atoms with Crippen molar-refractivity contribution in [3.8, 4) is 0 Å². The number of nitrogens with one attached hydrogen (secondary N) is 1. The van der Waals surface area contributed by atoms with Crippen molar-refractivity contribution in [1.82, 2.24) is 5.32 Å². The Balaban J connectivity index is 2.07. The zero-order valence-corrected chi connectivity index (χ0v) is 12.4. The number of furan rings is 1. The Morgan fingerprint density at radius 3 is 2.71 bits per heavy atom. The van der Waals surface area contributed by atoms with Gasteiger partial charge in [0, 0.05) is 23.8 Å². The lowest BCUT2D eigenvalue weighted by molar-refractivity contribution is 0.0663. The first-order valence-corrected chi connectivity index (χ1v) is 8.56. The molecule has 0 radical (unpaired) electrons. The van der Waals surface area contributed by atoms with Gasteiger partial charge in [-0.15, -0.1) is 0 Å². The third-order valence-electron chi connectivity index (χ3n) is 3.06. The minimum atomic E-state index is -2.97. The van der Waals surface area contributed by atoms with Gasteiger partial charge < -0.3 is 14.8 Å². The maximum atomic E-state index is 11.2. The molecular weight excluding hydrogens is 294 g/mol. The maximum Gasteiger partial charge on any atom is 0.372 e. The summed E-state index contributed by atoms with van der Waals surface area (Å²) in [4.78, 5) is 11.2. The van der Waals surface area contributed by atoms with Crippen molar-refractivity contribution >= 4 is 26.8 Å². The first-order chi connectivity index (χ1) is 9.88. The Hall–Kier alpha value is -1.86. The van der Waals surface area contributed by atoms with Crippen molar-refractivity contribution in [2.75, 3.05) is 18.6 Å². The van der Waals surface area contributed by atoms with Gasteiger partial charge in [-0.05, 0) is 19.0 Å². The molecule has 0 aliphatic carbocycles. The molecular formula is C14H17NO5S. The summed E-state index contributed by atoms with van der Waals surface area (Å²) in [5, 5.41) is 13.0. The van der Waals surface area contributed by atoms with Crippen LogP contribution < -0.4 is 5.32 Å². The van der Waals surface area contributed by atoms with E-state index >= 15 is 0 Å². The molecule has 0 aliphatic heterocycles. The van der Waals surface area contributed by atoms with Crippen LogP contribution in [-0.4, -0.2) is 38.0 Å². The van der Waals surface area contributed by atoms with Gasteiger partial charge in [0.25, 0.3) is 0 Å². The summed E-state index contributed by atoms with van der Waals surface area (Å²) in [5.74, 6) is -1.08. The van der Waals surface area contributed by atoms with E-state index in [1.807, 2.05) is 6.07 Å². The summed E-state index contributed by atoms with van der Waals surface area (Å²) < 4.78 is 27.4. The Morgan fingerprint density at radius 1 is 1.33 bits per heavy atom. The molecule has 1 aromatic carbocycles. The molecule has 0 unspecified atom stereocenters. The van der Waals surface area contributed by atoms with Crippen LogP contribution in [0.5, 0.6) is 0 Å². The summed E-state index contributed by atoms with van der Waals surface area (Å²) in [7, 11) is -2.97. The number of aromatic carboxylic acids is 1. The second-order valence-electron chi connectivity index (χ2n) is 4.87. The van der Waals surface area contributed by atoms with Gasteiger partial charge in [0.2, 0.25) is 5.76 Å². The molecule has 21 heavy (non-hydrogen) atoms. The highest BCUT2D eigenvalue weighted by atomic mass is 32.2. The summed E-state index contributed by atoms with van der Waals surface area (Å²) in [5.41, 5.74) is 1.11. The summed E-state index contributed by atoms with van der Waals surface area (Å²) in [6, 6.07) is 7.12. The zero-order chi connectivity index (χ0) is 15.5. The Bertz CT molecular complexity index is 748. The largest absolute Gasteiger partial charge is 0.475 e. The normalized spacial score (nSPS) is 11.9. The van der Waals surface area contributed by atoms with Crippen LogP contribution in [0.15, 0.2) is 28.7 Å². The van der Waals surface area contributed by atoms with Crippen molar-refractivity contribution in [3.63, 3.8) is 0 Å². The third-order valence-corrected chi connectivity index (χ3v) is 4.09. The molecule has 0 atom stereocenters. The van der Waals surface area contributed by atoms with Crippen LogP contribution in [0.3, 0.4) is 0 Å².